The number of hydrogen-bond donors (Lipinski definition) is 1. The van der Waals surface area contributed by atoms with Gasteiger partial charge in [0.1, 0.15) is 0 Å². The topological polar surface area (TPSA) is 79.5 Å². The summed E-state index contributed by atoms with van der Waals surface area (Å²) in [6, 6.07) is 8.22. The number of aromatic nitrogens is 1. The number of H-pyrrole nitrogens is 1. The van der Waals surface area contributed by atoms with Crippen molar-refractivity contribution in [1.82, 2.24) is 9.88 Å². The van der Waals surface area contributed by atoms with Crippen LogP contribution >= 0.6 is 0 Å². The molecule has 132 valence electrons. The molecular weight excluding hydrogens is 320 g/mol. The number of carbonyl (C=O) groups is 2. The highest BCUT2D eigenvalue weighted by atomic mass is 16.5. The maximum atomic E-state index is 12.4. The van der Waals surface area contributed by atoms with E-state index in [1.54, 1.807) is 29.2 Å². The van der Waals surface area contributed by atoms with E-state index in [0.29, 0.717) is 23.4 Å². The maximum Gasteiger partial charge on any atom is 0.339 e. The van der Waals surface area contributed by atoms with Crippen molar-refractivity contribution in [1.29, 1.82) is 0 Å². The van der Waals surface area contributed by atoms with Gasteiger partial charge in [-0.15, -0.1) is 0 Å². The molecule has 0 bridgehead atoms. The van der Waals surface area contributed by atoms with Gasteiger partial charge in [-0.05, 0) is 31.2 Å². The molecule has 25 heavy (non-hydrogen) atoms. The Kier molecular flexibility index (Phi) is 5.16. The molecule has 6 heteroatoms. The number of hydrogen-bond acceptors (Lipinski definition) is 4. The molecule has 2 aromatic rings. The molecule has 0 saturated heterocycles. The molecule has 1 aliphatic carbocycles. The summed E-state index contributed by atoms with van der Waals surface area (Å²) in [4.78, 5) is 40.9. The Hall–Kier alpha value is -2.63. The highest BCUT2D eigenvalue weighted by Crippen LogP contribution is 2.29. The Balaban J connectivity index is 1.69. The van der Waals surface area contributed by atoms with Gasteiger partial charge in [0.25, 0.3) is 5.91 Å². The van der Waals surface area contributed by atoms with Gasteiger partial charge in [0.15, 0.2) is 6.61 Å². The first-order valence-corrected chi connectivity index (χ1v) is 8.65. The Morgan fingerprint density at radius 3 is 2.76 bits per heavy atom. The largest absolute Gasteiger partial charge is 0.452 e. The number of fused-ring (bicyclic) bond motifs is 1. The van der Waals surface area contributed by atoms with E-state index < -0.39 is 5.97 Å². The number of pyridine rings is 1. The zero-order chi connectivity index (χ0) is 17.8. The van der Waals surface area contributed by atoms with E-state index in [1.165, 1.54) is 6.07 Å². The van der Waals surface area contributed by atoms with Crippen LogP contribution in [0.15, 0.2) is 35.1 Å². The fourth-order valence-electron chi connectivity index (χ4n) is 2.87. The summed E-state index contributed by atoms with van der Waals surface area (Å²) in [5.74, 6) is -0.252. The summed E-state index contributed by atoms with van der Waals surface area (Å²) >= 11 is 0. The van der Waals surface area contributed by atoms with Crippen molar-refractivity contribution >= 4 is 22.8 Å². The van der Waals surface area contributed by atoms with Crippen LogP contribution in [0.5, 0.6) is 0 Å². The lowest BCUT2D eigenvalue weighted by molar-refractivity contribution is -0.134. The molecule has 1 fully saturated rings. The molecule has 1 amide bonds. The van der Waals surface area contributed by atoms with E-state index >= 15 is 0 Å². The molecule has 1 N–H and O–H groups in total. The average molecular weight is 342 g/mol. The number of rotatable bonds is 7. The lowest BCUT2D eigenvalue weighted by Gasteiger charge is -2.21. The van der Waals surface area contributed by atoms with Crippen LogP contribution in [0.3, 0.4) is 0 Å². The van der Waals surface area contributed by atoms with E-state index in [0.717, 1.165) is 25.8 Å². The number of ether oxygens (including phenoxy) is 1. The third kappa shape index (κ3) is 4.26. The molecule has 6 nitrogen and oxygen atoms in total. The number of para-hydroxylation sites is 1. The smallest absolute Gasteiger partial charge is 0.339 e. The Morgan fingerprint density at radius 2 is 2.04 bits per heavy atom. The SMILES string of the molecule is CCCN(CC1CC1)C(=O)COC(=O)c1cc(=O)[nH]c2ccccc12. The Morgan fingerprint density at radius 1 is 1.28 bits per heavy atom. The van der Waals surface area contributed by atoms with Crippen molar-refractivity contribution in [2.45, 2.75) is 26.2 Å². The van der Waals surface area contributed by atoms with Gasteiger partial charge in [-0.1, -0.05) is 25.1 Å². The van der Waals surface area contributed by atoms with Crippen molar-refractivity contribution in [3.63, 3.8) is 0 Å². The number of nitrogens with one attached hydrogen (secondary N) is 1. The van der Waals surface area contributed by atoms with Gasteiger partial charge < -0.3 is 14.6 Å². The van der Waals surface area contributed by atoms with Gasteiger partial charge in [-0.3, -0.25) is 9.59 Å². The average Bonchev–Trinajstić information content (AvgIpc) is 3.42. The van der Waals surface area contributed by atoms with Crippen LogP contribution in [-0.2, 0) is 9.53 Å². The highest BCUT2D eigenvalue weighted by molar-refractivity contribution is 6.03. The van der Waals surface area contributed by atoms with Crippen molar-refractivity contribution in [2.75, 3.05) is 19.7 Å². The molecule has 1 aromatic heterocycles. The van der Waals surface area contributed by atoms with Crippen molar-refractivity contribution in [3.8, 4) is 0 Å². The van der Waals surface area contributed by atoms with Crippen LogP contribution in [0.1, 0.15) is 36.5 Å². The second-order valence-electron chi connectivity index (χ2n) is 6.45. The molecule has 3 rings (SSSR count). The van der Waals surface area contributed by atoms with Crippen molar-refractivity contribution < 1.29 is 14.3 Å². The summed E-state index contributed by atoms with van der Waals surface area (Å²) < 4.78 is 5.20. The van der Waals surface area contributed by atoms with Gasteiger partial charge in [0.05, 0.1) is 5.56 Å². The molecule has 0 aliphatic heterocycles. The van der Waals surface area contributed by atoms with Crippen molar-refractivity contribution in [3.05, 3.63) is 46.2 Å². The van der Waals surface area contributed by atoms with Crippen LogP contribution < -0.4 is 5.56 Å². The zero-order valence-corrected chi connectivity index (χ0v) is 14.3. The quantitative estimate of drug-likeness (QED) is 0.783. The number of carbonyl (C=O) groups excluding carboxylic acids is 2. The molecule has 0 radical (unpaired) electrons. The number of amides is 1. The minimum absolute atomic E-state index is 0.177. The lowest BCUT2D eigenvalue weighted by atomic mass is 10.1. The number of aromatic amines is 1. The molecule has 1 aromatic carbocycles. The predicted molar refractivity (Wildman–Crippen MR) is 94.4 cm³/mol. The predicted octanol–water partition coefficient (Wildman–Crippen LogP) is 2.33. The van der Waals surface area contributed by atoms with E-state index in [9.17, 15) is 14.4 Å². The van der Waals surface area contributed by atoms with E-state index in [2.05, 4.69) is 4.98 Å². The molecule has 1 saturated carbocycles. The van der Waals surface area contributed by atoms with Crippen LogP contribution in [0, 0.1) is 5.92 Å². The molecule has 1 aliphatic rings. The molecule has 0 unspecified atom stereocenters. The third-order valence-electron chi connectivity index (χ3n) is 4.32. The minimum atomic E-state index is -0.654. The van der Waals surface area contributed by atoms with Gasteiger partial charge in [0, 0.05) is 30.1 Å². The summed E-state index contributed by atoms with van der Waals surface area (Å²) in [7, 11) is 0. The zero-order valence-electron chi connectivity index (χ0n) is 14.3. The van der Waals surface area contributed by atoms with Crippen molar-refractivity contribution in [2.24, 2.45) is 5.92 Å². The summed E-state index contributed by atoms with van der Waals surface area (Å²) in [6.07, 6.45) is 3.18. The van der Waals surface area contributed by atoms with Crippen LogP contribution in [0.2, 0.25) is 0 Å². The Labute approximate surface area is 145 Å². The van der Waals surface area contributed by atoms with Gasteiger partial charge in [-0.2, -0.15) is 0 Å². The molecular formula is C19H22N2O4. The fourth-order valence-corrected chi connectivity index (χ4v) is 2.87. The monoisotopic (exact) mass is 342 g/mol. The highest BCUT2D eigenvalue weighted by Gasteiger charge is 2.27. The van der Waals surface area contributed by atoms with Gasteiger partial charge in [-0.25, -0.2) is 4.79 Å². The fraction of sp³-hybridized carbons (Fsp3) is 0.421. The first-order valence-electron chi connectivity index (χ1n) is 8.65. The lowest BCUT2D eigenvalue weighted by Crippen LogP contribution is -2.36. The maximum absolute atomic E-state index is 12.4. The van der Waals surface area contributed by atoms with Crippen LogP contribution in [-0.4, -0.2) is 41.5 Å². The van der Waals surface area contributed by atoms with Crippen LogP contribution in [0.4, 0.5) is 0 Å². The first kappa shape index (κ1) is 17.2. The van der Waals surface area contributed by atoms with E-state index in [-0.39, 0.29) is 23.6 Å². The standard InChI is InChI=1S/C19H22N2O4/c1-2-9-21(11-13-7-8-13)18(23)12-25-19(24)15-10-17(22)20-16-6-4-3-5-14(15)16/h3-6,10,13H,2,7-9,11-12H2,1H3,(H,20,22). The van der Waals surface area contributed by atoms with Crippen LogP contribution in [0.25, 0.3) is 10.9 Å². The third-order valence-corrected chi connectivity index (χ3v) is 4.32. The van der Waals surface area contributed by atoms with Gasteiger partial charge >= 0.3 is 5.97 Å². The Bertz CT molecular complexity index is 839. The van der Waals surface area contributed by atoms with Gasteiger partial charge in [0.2, 0.25) is 5.56 Å². The first-order chi connectivity index (χ1) is 12.1. The molecule has 0 spiro atoms. The number of esters is 1. The molecule has 0 atom stereocenters. The van der Waals surface area contributed by atoms with E-state index in [4.69, 9.17) is 4.74 Å². The molecule has 1 heterocycles. The number of benzene rings is 1. The summed E-state index contributed by atoms with van der Waals surface area (Å²) in [6.45, 7) is 3.12. The van der Waals surface area contributed by atoms with E-state index in [1.807, 2.05) is 6.92 Å². The minimum Gasteiger partial charge on any atom is -0.452 e. The normalized spacial score (nSPS) is 13.6. The number of nitrogens with zero attached hydrogens (tertiary/aromatic N) is 1. The summed E-state index contributed by atoms with van der Waals surface area (Å²) in [5.41, 5.74) is 0.365. The summed E-state index contributed by atoms with van der Waals surface area (Å²) in [5, 5.41) is 0.600. The second kappa shape index (κ2) is 7.51. The second-order valence-corrected chi connectivity index (χ2v) is 6.45.